The predicted molar refractivity (Wildman–Crippen MR) is 107 cm³/mol. The highest BCUT2D eigenvalue weighted by Crippen LogP contribution is 2.30. The van der Waals surface area contributed by atoms with Crippen LogP contribution in [0.25, 0.3) is 20.7 Å². The van der Waals surface area contributed by atoms with E-state index in [0.717, 1.165) is 21.8 Å². The second kappa shape index (κ2) is 7.23. The standard InChI is InChI=1S/C21H19N3OS/c1-24(13-15-8-4-2-5-9-15)14-19-22-20(25)17-12-18(26-21(17)23-19)16-10-6-3-7-11-16/h2-12H,13-14H2,1H3,(H,22,23,25). The van der Waals surface area contributed by atoms with E-state index in [-0.39, 0.29) is 5.56 Å². The molecule has 2 heterocycles. The summed E-state index contributed by atoms with van der Waals surface area (Å²) in [6, 6.07) is 22.3. The molecule has 130 valence electrons. The number of nitrogens with one attached hydrogen (secondary N) is 1. The molecular formula is C21H19N3OS. The van der Waals surface area contributed by atoms with Crippen LogP contribution in [0.5, 0.6) is 0 Å². The Hall–Kier alpha value is -2.76. The first-order valence-electron chi connectivity index (χ1n) is 8.50. The Kier molecular flexibility index (Phi) is 4.65. The summed E-state index contributed by atoms with van der Waals surface area (Å²) in [5, 5.41) is 0.656. The number of rotatable bonds is 5. The minimum absolute atomic E-state index is 0.0726. The van der Waals surface area contributed by atoms with Crippen molar-refractivity contribution in [1.82, 2.24) is 14.9 Å². The van der Waals surface area contributed by atoms with Crippen molar-refractivity contribution in [2.75, 3.05) is 7.05 Å². The molecule has 4 rings (SSSR count). The van der Waals surface area contributed by atoms with Crippen molar-refractivity contribution >= 4 is 21.6 Å². The Morgan fingerprint density at radius 2 is 1.69 bits per heavy atom. The quantitative estimate of drug-likeness (QED) is 0.577. The Labute approximate surface area is 155 Å². The molecular weight excluding hydrogens is 342 g/mol. The molecule has 0 aliphatic carbocycles. The second-order valence-corrected chi connectivity index (χ2v) is 7.40. The van der Waals surface area contributed by atoms with Crippen LogP contribution in [0, 0.1) is 0 Å². The molecule has 0 saturated carbocycles. The highest BCUT2D eigenvalue weighted by Gasteiger charge is 2.11. The zero-order valence-electron chi connectivity index (χ0n) is 14.5. The van der Waals surface area contributed by atoms with Gasteiger partial charge in [0.25, 0.3) is 5.56 Å². The van der Waals surface area contributed by atoms with E-state index in [1.807, 2.05) is 61.6 Å². The summed E-state index contributed by atoms with van der Waals surface area (Å²) >= 11 is 1.56. The highest BCUT2D eigenvalue weighted by molar-refractivity contribution is 7.21. The summed E-state index contributed by atoms with van der Waals surface area (Å²) in [4.78, 5) is 24.1. The van der Waals surface area contributed by atoms with Crippen LogP contribution in [0.3, 0.4) is 0 Å². The van der Waals surface area contributed by atoms with E-state index in [4.69, 9.17) is 0 Å². The normalized spacial score (nSPS) is 11.3. The van der Waals surface area contributed by atoms with Gasteiger partial charge in [-0.1, -0.05) is 60.7 Å². The molecule has 0 aliphatic rings. The Balaban J connectivity index is 1.59. The molecule has 2 aromatic heterocycles. The van der Waals surface area contributed by atoms with Gasteiger partial charge in [-0.3, -0.25) is 9.69 Å². The largest absolute Gasteiger partial charge is 0.309 e. The molecule has 1 N–H and O–H groups in total. The predicted octanol–water partition coefficient (Wildman–Crippen LogP) is 4.28. The number of aromatic nitrogens is 2. The Morgan fingerprint density at radius 1 is 1.00 bits per heavy atom. The highest BCUT2D eigenvalue weighted by atomic mass is 32.1. The summed E-state index contributed by atoms with van der Waals surface area (Å²) in [5.74, 6) is 0.697. The van der Waals surface area contributed by atoms with Gasteiger partial charge in [0.2, 0.25) is 0 Å². The van der Waals surface area contributed by atoms with E-state index in [1.54, 1.807) is 11.3 Å². The van der Waals surface area contributed by atoms with Crippen LogP contribution < -0.4 is 5.56 Å². The van der Waals surface area contributed by atoms with Crippen LogP contribution in [0.15, 0.2) is 71.5 Å². The third kappa shape index (κ3) is 3.59. The molecule has 4 aromatic rings. The first kappa shape index (κ1) is 16.7. The van der Waals surface area contributed by atoms with Crippen LogP contribution in [0.4, 0.5) is 0 Å². The van der Waals surface area contributed by atoms with Gasteiger partial charge in [0, 0.05) is 11.4 Å². The van der Waals surface area contributed by atoms with Crippen molar-refractivity contribution in [2.45, 2.75) is 13.1 Å². The van der Waals surface area contributed by atoms with E-state index in [1.165, 1.54) is 5.56 Å². The zero-order valence-corrected chi connectivity index (χ0v) is 15.3. The number of fused-ring (bicyclic) bond motifs is 1. The van der Waals surface area contributed by atoms with Gasteiger partial charge >= 0.3 is 0 Å². The molecule has 0 unspecified atom stereocenters. The van der Waals surface area contributed by atoms with Gasteiger partial charge < -0.3 is 4.98 Å². The number of hydrogen-bond donors (Lipinski definition) is 1. The second-order valence-electron chi connectivity index (χ2n) is 6.37. The molecule has 26 heavy (non-hydrogen) atoms. The average molecular weight is 361 g/mol. The number of benzene rings is 2. The van der Waals surface area contributed by atoms with Gasteiger partial charge in [-0.25, -0.2) is 4.98 Å². The molecule has 4 nitrogen and oxygen atoms in total. The Morgan fingerprint density at radius 3 is 2.42 bits per heavy atom. The van der Waals surface area contributed by atoms with Gasteiger partial charge in [-0.05, 0) is 24.2 Å². The molecule has 0 spiro atoms. The van der Waals surface area contributed by atoms with Crippen LogP contribution in [-0.2, 0) is 13.1 Å². The van der Waals surface area contributed by atoms with Gasteiger partial charge in [0.1, 0.15) is 10.7 Å². The lowest BCUT2D eigenvalue weighted by molar-refractivity contribution is 0.311. The number of hydrogen-bond acceptors (Lipinski definition) is 4. The summed E-state index contributed by atoms with van der Waals surface area (Å²) in [5.41, 5.74) is 2.27. The van der Waals surface area contributed by atoms with Crippen molar-refractivity contribution in [3.8, 4) is 10.4 Å². The van der Waals surface area contributed by atoms with Gasteiger partial charge in [0.05, 0.1) is 11.9 Å². The minimum Gasteiger partial charge on any atom is -0.309 e. The van der Waals surface area contributed by atoms with Crippen molar-refractivity contribution in [1.29, 1.82) is 0 Å². The first-order chi connectivity index (χ1) is 12.7. The first-order valence-corrected chi connectivity index (χ1v) is 9.31. The molecule has 2 aromatic carbocycles. The van der Waals surface area contributed by atoms with Gasteiger partial charge in [-0.2, -0.15) is 0 Å². The van der Waals surface area contributed by atoms with Crippen LogP contribution in [0.2, 0.25) is 0 Å². The van der Waals surface area contributed by atoms with E-state index in [0.29, 0.717) is 17.8 Å². The third-order valence-electron chi connectivity index (χ3n) is 4.22. The fraction of sp³-hybridized carbons (Fsp3) is 0.143. The minimum atomic E-state index is -0.0726. The maximum atomic E-state index is 12.5. The van der Waals surface area contributed by atoms with Crippen molar-refractivity contribution in [3.05, 3.63) is 88.5 Å². The van der Waals surface area contributed by atoms with E-state index < -0.39 is 0 Å². The fourth-order valence-corrected chi connectivity index (χ4v) is 4.06. The van der Waals surface area contributed by atoms with Crippen LogP contribution in [0.1, 0.15) is 11.4 Å². The summed E-state index contributed by atoms with van der Waals surface area (Å²) in [6.45, 7) is 1.40. The fourth-order valence-electron chi connectivity index (χ4n) is 3.00. The number of nitrogens with zero attached hydrogens (tertiary/aromatic N) is 2. The smallest absolute Gasteiger partial charge is 0.259 e. The average Bonchev–Trinajstić information content (AvgIpc) is 3.08. The molecule has 0 radical (unpaired) electrons. The number of thiophene rings is 1. The zero-order chi connectivity index (χ0) is 17.9. The van der Waals surface area contributed by atoms with Crippen LogP contribution >= 0.6 is 11.3 Å². The summed E-state index contributed by atoms with van der Waals surface area (Å²) < 4.78 is 0. The van der Waals surface area contributed by atoms with E-state index in [2.05, 4.69) is 27.0 Å². The summed E-state index contributed by atoms with van der Waals surface area (Å²) in [6.07, 6.45) is 0. The third-order valence-corrected chi connectivity index (χ3v) is 5.30. The molecule has 5 heteroatoms. The molecule has 0 bridgehead atoms. The maximum absolute atomic E-state index is 12.5. The van der Waals surface area contributed by atoms with Crippen molar-refractivity contribution in [3.63, 3.8) is 0 Å². The summed E-state index contributed by atoms with van der Waals surface area (Å²) in [7, 11) is 2.03. The van der Waals surface area contributed by atoms with Crippen molar-refractivity contribution < 1.29 is 0 Å². The van der Waals surface area contributed by atoms with Crippen LogP contribution in [-0.4, -0.2) is 21.9 Å². The topological polar surface area (TPSA) is 49.0 Å². The molecule has 0 aliphatic heterocycles. The molecule has 0 fully saturated rings. The number of aromatic amines is 1. The van der Waals surface area contributed by atoms with E-state index in [9.17, 15) is 4.79 Å². The maximum Gasteiger partial charge on any atom is 0.259 e. The molecule has 0 saturated heterocycles. The SMILES string of the molecule is CN(Cc1ccccc1)Cc1nc2sc(-c3ccccc3)cc2c(=O)[nH]1. The molecule has 0 atom stereocenters. The lowest BCUT2D eigenvalue weighted by Gasteiger charge is -2.15. The van der Waals surface area contributed by atoms with Crippen molar-refractivity contribution in [2.24, 2.45) is 0 Å². The van der Waals surface area contributed by atoms with Gasteiger partial charge in [-0.15, -0.1) is 11.3 Å². The lowest BCUT2D eigenvalue weighted by Crippen LogP contribution is -2.21. The monoisotopic (exact) mass is 361 g/mol. The lowest BCUT2D eigenvalue weighted by atomic mass is 10.2. The number of H-pyrrole nitrogens is 1. The molecule has 0 amide bonds. The van der Waals surface area contributed by atoms with E-state index >= 15 is 0 Å². The Bertz CT molecular complexity index is 1070. The van der Waals surface area contributed by atoms with Gasteiger partial charge in [0.15, 0.2) is 0 Å².